The van der Waals surface area contributed by atoms with Crippen molar-refractivity contribution in [1.29, 1.82) is 0 Å². The molecule has 1 fully saturated rings. The van der Waals surface area contributed by atoms with Crippen molar-refractivity contribution in [2.24, 2.45) is 0 Å². The van der Waals surface area contributed by atoms with Crippen LogP contribution in [0.15, 0.2) is 47.0 Å². The van der Waals surface area contributed by atoms with Crippen LogP contribution in [-0.2, 0) is 0 Å². The molecule has 2 heterocycles. The number of aryl methyl sites for hydroxylation is 2. The van der Waals surface area contributed by atoms with E-state index in [0.717, 1.165) is 29.7 Å². The van der Waals surface area contributed by atoms with Gasteiger partial charge in [-0.25, -0.2) is 4.79 Å². The molecule has 1 saturated heterocycles. The molecule has 1 unspecified atom stereocenters. The van der Waals surface area contributed by atoms with Crippen LogP contribution in [0, 0.1) is 13.8 Å². The molecule has 0 aliphatic carbocycles. The van der Waals surface area contributed by atoms with Crippen LogP contribution in [0.1, 0.15) is 35.8 Å². The van der Waals surface area contributed by atoms with Gasteiger partial charge in [-0.1, -0.05) is 35.0 Å². The highest BCUT2D eigenvalue weighted by molar-refractivity contribution is 6.30. The lowest BCUT2D eigenvalue weighted by Gasteiger charge is -2.31. The number of likely N-dealkylation sites (tertiary alicyclic amines) is 1. The van der Waals surface area contributed by atoms with Gasteiger partial charge in [0.25, 0.3) is 0 Å². The van der Waals surface area contributed by atoms with Crippen LogP contribution in [-0.4, -0.2) is 34.2 Å². The number of amides is 2. The number of benzene rings is 2. The lowest BCUT2D eigenvalue weighted by Crippen LogP contribution is -2.41. The molecule has 1 atom stereocenters. The van der Waals surface area contributed by atoms with Crippen LogP contribution in [0.5, 0.6) is 0 Å². The number of anilines is 1. The fraction of sp³-hybridized carbons (Fsp3) is 0.318. The Hall–Kier alpha value is -2.86. The summed E-state index contributed by atoms with van der Waals surface area (Å²) in [6.45, 7) is 5.35. The van der Waals surface area contributed by atoms with Gasteiger partial charge in [0, 0.05) is 29.4 Å². The maximum Gasteiger partial charge on any atom is 0.321 e. The second kappa shape index (κ2) is 8.25. The van der Waals surface area contributed by atoms with Gasteiger partial charge in [0.2, 0.25) is 11.7 Å². The van der Waals surface area contributed by atoms with E-state index in [-0.39, 0.29) is 11.9 Å². The van der Waals surface area contributed by atoms with Crippen LogP contribution in [0.25, 0.3) is 11.4 Å². The van der Waals surface area contributed by atoms with Gasteiger partial charge in [0.15, 0.2) is 0 Å². The van der Waals surface area contributed by atoms with Gasteiger partial charge in [-0.15, -0.1) is 0 Å². The number of hydrogen-bond acceptors (Lipinski definition) is 4. The number of halogens is 1. The first-order chi connectivity index (χ1) is 14.0. The molecule has 0 radical (unpaired) electrons. The number of aromatic nitrogens is 2. The van der Waals surface area contributed by atoms with Crippen LogP contribution >= 0.6 is 11.6 Å². The Morgan fingerprint density at radius 3 is 2.86 bits per heavy atom. The van der Waals surface area contributed by atoms with E-state index in [2.05, 4.69) is 22.4 Å². The predicted octanol–water partition coefficient (Wildman–Crippen LogP) is 5.42. The maximum absolute atomic E-state index is 12.7. The second-order valence-electron chi connectivity index (χ2n) is 7.48. The van der Waals surface area contributed by atoms with Crippen LogP contribution in [0.3, 0.4) is 0 Å². The summed E-state index contributed by atoms with van der Waals surface area (Å²) in [5, 5.41) is 7.71. The molecule has 0 saturated carbocycles. The summed E-state index contributed by atoms with van der Waals surface area (Å²) in [6.07, 6.45) is 1.80. The van der Waals surface area contributed by atoms with E-state index in [0.29, 0.717) is 29.8 Å². The van der Waals surface area contributed by atoms with Gasteiger partial charge in [-0.05, 0) is 62.1 Å². The molecule has 3 aromatic rings. The molecule has 150 valence electrons. The summed E-state index contributed by atoms with van der Waals surface area (Å²) in [5.74, 6) is 1.09. The molecule has 0 bridgehead atoms. The number of nitrogens with zero attached hydrogens (tertiary/aromatic N) is 3. The lowest BCUT2D eigenvalue weighted by atomic mass is 9.98. The highest BCUT2D eigenvalue weighted by Crippen LogP contribution is 2.28. The average Bonchev–Trinajstić information content (AvgIpc) is 3.21. The summed E-state index contributed by atoms with van der Waals surface area (Å²) >= 11 is 6.05. The standard InChI is InChI=1S/C22H23ClN4O2/c1-14-8-9-19(11-15(14)2)24-22(28)27-10-4-6-17(13-27)21-25-20(26-29-21)16-5-3-7-18(23)12-16/h3,5,7-9,11-12,17H,4,6,10,13H2,1-2H3,(H,24,28). The van der Waals surface area contributed by atoms with Gasteiger partial charge in [0.05, 0.1) is 5.92 Å². The number of rotatable bonds is 3. The smallest absolute Gasteiger partial charge is 0.321 e. The Kier molecular flexibility index (Phi) is 5.53. The number of carbonyl (C=O) groups is 1. The third kappa shape index (κ3) is 4.43. The summed E-state index contributed by atoms with van der Waals surface area (Å²) in [4.78, 5) is 19.1. The van der Waals surface area contributed by atoms with Gasteiger partial charge in [0.1, 0.15) is 0 Å². The van der Waals surface area contributed by atoms with Crippen molar-refractivity contribution in [2.75, 3.05) is 18.4 Å². The van der Waals surface area contributed by atoms with E-state index in [1.807, 2.05) is 42.2 Å². The number of nitrogens with one attached hydrogen (secondary N) is 1. The van der Waals surface area contributed by atoms with Crippen LogP contribution in [0.2, 0.25) is 5.02 Å². The lowest BCUT2D eigenvalue weighted by molar-refractivity contribution is 0.184. The third-order valence-corrected chi connectivity index (χ3v) is 5.58. The van der Waals surface area contributed by atoms with Crippen molar-refractivity contribution in [1.82, 2.24) is 15.0 Å². The Bertz CT molecular complexity index is 1030. The van der Waals surface area contributed by atoms with Crippen LogP contribution < -0.4 is 5.32 Å². The van der Waals surface area contributed by atoms with E-state index in [9.17, 15) is 4.79 Å². The minimum absolute atomic E-state index is 0.0229. The largest absolute Gasteiger partial charge is 0.339 e. The first-order valence-corrected chi connectivity index (χ1v) is 10.1. The van der Waals surface area contributed by atoms with E-state index in [4.69, 9.17) is 16.1 Å². The van der Waals surface area contributed by atoms with Crippen molar-refractivity contribution < 1.29 is 9.32 Å². The first kappa shape index (κ1) is 19.5. The monoisotopic (exact) mass is 410 g/mol. The summed E-state index contributed by atoms with van der Waals surface area (Å²) in [6, 6.07) is 13.2. The van der Waals surface area contributed by atoms with Crippen molar-refractivity contribution in [3.63, 3.8) is 0 Å². The van der Waals surface area contributed by atoms with E-state index in [1.54, 1.807) is 12.1 Å². The Morgan fingerprint density at radius 2 is 2.07 bits per heavy atom. The molecule has 1 aliphatic rings. The quantitative estimate of drug-likeness (QED) is 0.625. The van der Waals surface area contributed by atoms with Crippen molar-refractivity contribution in [3.8, 4) is 11.4 Å². The summed E-state index contributed by atoms with van der Waals surface area (Å²) in [7, 11) is 0. The molecule has 1 aliphatic heterocycles. The Morgan fingerprint density at radius 1 is 1.21 bits per heavy atom. The normalized spacial score (nSPS) is 16.7. The van der Waals surface area contributed by atoms with Gasteiger partial charge >= 0.3 is 6.03 Å². The molecule has 2 amide bonds. The van der Waals surface area contributed by atoms with E-state index >= 15 is 0 Å². The molecule has 6 nitrogen and oxygen atoms in total. The summed E-state index contributed by atoms with van der Waals surface area (Å²) in [5.41, 5.74) is 3.97. The Balaban J connectivity index is 1.44. The molecule has 7 heteroatoms. The number of urea groups is 1. The zero-order valence-electron chi connectivity index (χ0n) is 16.5. The first-order valence-electron chi connectivity index (χ1n) is 9.72. The highest BCUT2D eigenvalue weighted by Gasteiger charge is 2.29. The number of piperidine rings is 1. The Labute approximate surface area is 174 Å². The molecule has 0 spiro atoms. The average molecular weight is 411 g/mol. The molecule has 29 heavy (non-hydrogen) atoms. The van der Waals surface area contributed by atoms with Gasteiger partial charge < -0.3 is 14.7 Å². The zero-order valence-corrected chi connectivity index (χ0v) is 17.2. The third-order valence-electron chi connectivity index (χ3n) is 5.34. The maximum atomic E-state index is 12.7. The predicted molar refractivity (Wildman–Crippen MR) is 113 cm³/mol. The zero-order chi connectivity index (χ0) is 20.4. The van der Waals surface area contributed by atoms with Gasteiger partial charge in [-0.2, -0.15) is 4.98 Å². The molecule has 4 rings (SSSR count). The molecule has 2 aromatic carbocycles. The topological polar surface area (TPSA) is 71.3 Å². The minimum atomic E-state index is -0.104. The second-order valence-corrected chi connectivity index (χ2v) is 7.92. The molecule has 1 N–H and O–H groups in total. The molecular formula is C22H23ClN4O2. The number of hydrogen-bond donors (Lipinski definition) is 1. The minimum Gasteiger partial charge on any atom is -0.339 e. The fourth-order valence-electron chi connectivity index (χ4n) is 3.53. The number of carbonyl (C=O) groups excluding carboxylic acids is 1. The van der Waals surface area contributed by atoms with Crippen molar-refractivity contribution in [2.45, 2.75) is 32.6 Å². The van der Waals surface area contributed by atoms with Gasteiger partial charge in [-0.3, -0.25) is 0 Å². The molecule has 1 aromatic heterocycles. The van der Waals surface area contributed by atoms with Crippen molar-refractivity contribution in [3.05, 3.63) is 64.5 Å². The highest BCUT2D eigenvalue weighted by atomic mass is 35.5. The fourth-order valence-corrected chi connectivity index (χ4v) is 3.72. The SMILES string of the molecule is Cc1ccc(NC(=O)N2CCCC(c3nc(-c4cccc(Cl)c4)no3)C2)cc1C. The summed E-state index contributed by atoms with van der Waals surface area (Å²) < 4.78 is 5.51. The molecular weight excluding hydrogens is 388 g/mol. The van der Waals surface area contributed by atoms with E-state index in [1.165, 1.54) is 5.56 Å². The van der Waals surface area contributed by atoms with Crippen LogP contribution in [0.4, 0.5) is 10.5 Å². The van der Waals surface area contributed by atoms with E-state index < -0.39 is 0 Å². The van der Waals surface area contributed by atoms with Crippen molar-refractivity contribution >= 4 is 23.3 Å².